The van der Waals surface area contributed by atoms with Crippen LogP contribution in [0.4, 0.5) is 0 Å². The van der Waals surface area contributed by atoms with Crippen molar-refractivity contribution in [1.29, 1.82) is 0 Å². The van der Waals surface area contributed by atoms with Crippen molar-refractivity contribution in [3.63, 3.8) is 0 Å². The molecule has 0 aromatic heterocycles. The molecule has 0 saturated heterocycles. The molecule has 0 fully saturated rings. The van der Waals surface area contributed by atoms with Crippen LogP contribution in [0.5, 0.6) is 0 Å². The van der Waals surface area contributed by atoms with Gasteiger partial charge in [0.05, 0.1) is 0 Å². The summed E-state index contributed by atoms with van der Waals surface area (Å²) in [6.45, 7) is 5.40. The summed E-state index contributed by atoms with van der Waals surface area (Å²) in [7, 11) is 0. The first kappa shape index (κ1) is 41.7. The van der Waals surface area contributed by atoms with Crippen LogP contribution in [0.1, 0.15) is 235 Å². The zero-order valence-corrected chi connectivity index (χ0v) is 30.8. The van der Waals surface area contributed by atoms with Gasteiger partial charge in [-0.05, 0) is 30.9 Å². The zero-order valence-electron chi connectivity index (χ0n) is 30.8. The molecular formula is C43H79NO. The fraction of sp³-hybridized carbons (Fsp3) is 0.837. The Kier molecular flexibility index (Phi) is 31.6. The molecule has 0 aliphatic heterocycles. The largest absolute Gasteiger partial charge is 0.352 e. The first-order valence-electron chi connectivity index (χ1n) is 20.7. The topological polar surface area (TPSA) is 29.1 Å². The van der Waals surface area contributed by atoms with Gasteiger partial charge in [-0.15, -0.1) is 0 Å². The summed E-state index contributed by atoms with van der Waals surface area (Å²) in [6, 6.07) is 8.29. The van der Waals surface area contributed by atoms with E-state index in [1.54, 1.807) is 0 Å². The lowest BCUT2D eigenvalue weighted by Crippen LogP contribution is -2.25. The maximum Gasteiger partial charge on any atom is 0.251 e. The molecule has 0 heterocycles. The van der Waals surface area contributed by atoms with E-state index in [-0.39, 0.29) is 5.91 Å². The van der Waals surface area contributed by atoms with Crippen molar-refractivity contribution >= 4 is 5.91 Å². The van der Waals surface area contributed by atoms with Gasteiger partial charge in [0.25, 0.3) is 5.91 Å². The van der Waals surface area contributed by atoms with E-state index in [2.05, 4.69) is 31.3 Å². The molecule has 1 aromatic carbocycles. The van der Waals surface area contributed by atoms with Gasteiger partial charge in [-0.1, -0.05) is 225 Å². The number of benzene rings is 1. The Balaban J connectivity index is 1.94. The van der Waals surface area contributed by atoms with Gasteiger partial charge in [-0.2, -0.15) is 0 Å². The van der Waals surface area contributed by atoms with Crippen molar-refractivity contribution in [2.24, 2.45) is 0 Å². The smallest absolute Gasteiger partial charge is 0.251 e. The van der Waals surface area contributed by atoms with Gasteiger partial charge < -0.3 is 5.32 Å². The molecule has 1 aromatic rings. The van der Waals surface area contributed by atoms with Crippen LogP contribution in [0.3, 0.4) is 0 Å². The highest BCUT2D eigenvalue weighted by atomic mass is 16.1. The van der Waals surface area contributed by atoms with Gasteiger partial charge in [0.15, 0.2) is 0 Å². The number of hydrogen-bond acceptors (Lipinski definition) is 1. The highest BCUT2D eigenvalue weighted by Crippen LogP contribution is 2.17. The number of hydrogen-bond donors (Lipinski definition) is 1. The van der Waals surface area contributed by atoms with E-state index in [0.717, 1.165) is 24.9 Å². The van der Waals surface area contributed by atoms with Crippen LogP contribution in [0, 0.1) is 0 Å². The Morgan fingerprint density at radius 2 is 0.733 bits per heavy atom. The van der Waals surface area contributed by atoms with Gasteiger partial charge in [-0.25, -0.2) is 0 Å². The standard InChI is InChI=1S/C43H79NO/c1-3-5-7-9-11-13-15-17-19-21-23-25-27-29-31-33-37-41-38-34-35-39-42(41)43(45)44-40-36-32-30-28-26-24-22-20-18-16-14-12-10-8-6-4-2/h34-35,38-39H,3-33,36-37,40H2,1-2H3,(H,44,45). The number of carbonyl (C=O) groups excluding carboxylic acids is 1. The third-order valence-electron chi connectivity index (χ3n) is 9.88. The Bertz CT molecular complexity index is 743. The van der Waals surface area contributed by atoms with Crippen molar-refractivity contribution in [3.8, 4) is 0 Å². The van der Waals surface area contributed by atoms with Crippen molar-refractivity contribution in [1.82, 2.24) is 5.32 Å². The third kappa shape index (κ3) is 27.5. The highest BCUT2D eigenvalue weighted by molar-refractivity contribution is 5.95. The van der Waals surface area contributed by atoms with Gasteiger partial charge in [0, 0.05) is 12.1 Å². The normalized spacial score (nSPS) is 11.3. The van der Waals surface area contributed by atoms with Gasteiger partial charge in [0.1, 0.15) is 0 Å². The maximum atomic E-state index is 12.9. The number of aryl methyl sites for hydroxylation is 1. The molecule has 45 heavy (non-hydrogen) atoms. The summed E-state index contributed by atoms with van der Waals surface area (Å²) < 4.78 is 0. The van der Waals surface area contributed by atoms with E-state index in [9.17, 15) is 4.79 Å². The predicted molar refractivity (Wildman–Crippen MR) is 202 cm³/mol. The zero-order chi connectivity index (χ0) is 32.3. The molecule has 1 rings (SSSR count). The maximum absolute atomic E-state index is 12.9. The van der Waals surface area contributed by atoms with E-state index in [1.165, 1.54) is 205 Å². The molecule has 2 nitrogen and oxygen atoms in total. The summed E-state index contributed by atoms with van der Waals surface area (Å²) >= 11 is 0. The first-order valence-corrected chi connectivity index (χ1v) is 20.7. The van der Waals surface area contributed by atoms with Crippen LogP contribution in [-0.2, 0) is 6.42 Å². The van der Waals surface area contributed by atoms with E-state index in [1.807, 2.05) is 12.1 Å². The van der Waals surface area contributed by atoms with Crippen LogP contribution in [0.15, 0.2) is 24.3 Å². The Hall–Kier alpha value is -1.31. The highest BCUT2D eigenvalue weighted by Gasteiger charge is 2.10. The van der Waals surface area contributed by atoms with Gasteiger partial charge in [-0.3, -0.25) is 4.79 Å². The average molecular weight is 626 g/mol. The minimum absolute atomic E-state index is 0.128. The Labute approximate surface area is 283 Å². The number of nitrogens with one attached hydrogen (secondary N) is 1. The van der Waals surface area contributed by atoms with Crippen molar-refractivity contribution < 1.29 is 4.79 Å². The molecule has 262 valence electrons. The SMILES string of the molecule is CCCCCCCCCCCCCCCCCCNC(=O)c1ccccc1CCCCCCCCCCCCCCCCCC. The number of carbonyl (C=O) groups is 1. The Morgan fingerprint density at radius 3 is 1.11 bits per heavy atom. The molecule has 1 N–H and O–H groups in total. The van der Waals surface area contributed by atoms with Crippen LogP contribution in [0.25, 0.3) is 0 Å². The van der Waals surface area contributed by atoms with Crippen molar-refractivity contribution in [2.45, 2.75) is 226 Å². The van der Waals surface area contributed by atoms with Gasteiger partial charge in [0.2, 0.25) is 0 Å². The van der Waals surface area contributed by atoms with Crippen LogP contribution in [0.2, 0.25) is 0 Å². The lowest BCUT2D eigenvalue weighted by molar-refractivity contribution is 0.0952. The number of amides is 1. The van der Waals surface area contributed by atoms with Gasteiger partial charge >= 0.3 is 0 Å². The molecule has 0 spiro atoms. The minimum atomic E-state index is 0.128. The lowest BCUT2D eigenvalue weighted by Gasteiger charge is -2.10. The second-order valence-electron chi connectivity index (χ2n) is 14.3. The van der Waals surface area contributed by atoms with Crippen molar-refractivity contribution in [2.75, 3.05) is 6.54 Å². The molecular weight excluding hydrogens is 546 g/mol. The summed E-state index contributed by atoms with van der Waals surface area (Å²) in [5.74, 6) is 0.128. The average Bonchev–Trinajstić information content (AvgIpc) is 3.06. The molecule has 0 atom stereocenters. The van der Waals surface area contributed by atoms with E-state index in [0.29, 0.717) is 0 Å². The van der Waals surface area contributed by atoms with Crippen LogP contribution >= 0.6 is 0 Å². The Morgan fingerprint density at radius 1 is 0.422 bits per heavy atom. The molecule has 0 aliphatic rings. The molecule has 0 aliphatic carbocycles. The fourth-order valence-electron chi connectivity index (χ4n) is 6.79. The summed E-state index contributed by atoms with van der Waals surface area (Å²) in [6.07, 6.45) is 45.5. The third-order valence-corrected chi connectivity index (χ3v) is 9.88. The second-order valence-corrected chi connectivity index (χ2v) is 14.3. The molecule has 0 saturated carbocycles. The van der Waals surface area contributed by atoms with Crippen LogP contribution < -0.4 is 5.32 Å². The quantitative estimate of drug-likeness (QED) is 0.0747. The second kappa shape index (κ2) is 34.0. The fourth-order valence-corrected chi connectivity index (χ4v) is 6.79. The van der Waals surface area contributed by atoms with Crippen LogP contribution in [-0.4, -0.2) is 12.5 Å². The summed E-state index contributed by atoms with van der Waals surface area (Å²) in [5.41, 5.74) is 2.13. The summed E-state index contributed by atoms with van der Waals surface area (Å²) in [5, 5.41) is 3.21. The number of rotatable bonds is 35. The first-order chi connectivity index (χ1) is 22.3. The lowest BCUT2D eigenvalue weighted by atomic mass is 9.99. The summed E-state index contributed by atoms with van der Waals surface area (Å²) in [4.78, 5) is 12.9. The van der Waals surface area contributed by atoms with E-state index >= 15 is 0 Å². The van der Waals surface area contributed by atoms with Crippen molar-refractivity contribution in [3.05, 3.63) is 35.4 Å². The molecule has 0 bridgehead atoms. The molecule has 0 radical (unpaired) electrons. The predicted octanol–water partition coefficient (Wildman–Crippen LogP) is 14.5. The van der Waals surface area contributed by atoms with E-state index in [4.69, 9.17) is 0 Å². The molecule has 0 unspecified atom stereocenters. The molecule has 2 heteroatoms. The number of unbranched alkanes of at least 4 members (excludes halogenated alkanes) is 30. The molecule has 1 amide bonds. The minimum Gasteiger partial charge on any atom is -0.352 e. The monoisotopic (exact) mass is 626 g/mol. The van der Waals surface area contributed by atoms with E-state index < -0.39 is 0 Å².